The number of hydrogen-bond acceptors (Lipinski definition) is 4. The fourth-order valence-corrected chi connectivity index (χ4v) is 1.87. The molecular weight excluding hydrogens is 218 g/mol. The van der Waals surface area contributed by atoms with Crippen LogP contribution in [0, 0.1) is 0 Å². The summed E-state index contributed by atoms with van der Waals surface area (Å²) in [6, 6.07) is 0.424. The van der Waals surface area contributed by atoms with Crippen molar-refractivity contribution in [2.75, 3.05) is 39.6 Å². The molecule has 1 saturated heterocycles. The van der Waals surface area contributed by atoms with Gasteiger partial charge in [0.15, 0.2) is 0 Å². The third kappa shape index (κ3) is 7.71. The largest absolute Gasteiger partial charge is 0.380 e. The molecule has 1 fully saturated rings. The van der Waals surface area contributed by atoms with E-state index in [4.69, 9.17) is 14.2 Å². The maximum Gasteiger partial charge on any atom is 0.0809 e. The van der Waals surface area contributed by atoms with Gasteiger partial charge in [-0.3, -0.25) is 0 Å². The molecule has 0 amide bonds. The lowest BCUT2D eigenvalue weighted by molar-refractivity contribution is 0.0163. The molecule has 1 aliphatic heterocycles. The lowest BCUT2D eigenvalue weighted by Crippen LogP contribution is -2.32. The van der Waals surface area contributed by atoms with Gasteiger partial charge < -0.3 is 19.5 Å². The highest BCUT2D eigenvalue weighted by molar-refractivity contribution is 4.63. The summed E-state index contributed by atoms with van der Waals surface area (Å²) in [7, 11) is 0. The van der Waals surface area contributed by atoms with E-state index in [1.807, 2.05) is 6.92 Å². The number of nitrogens with one attached hydrogen (secondary N) is 1. The van der Waals surface area contributed by atoms with Crippen LogP contribution in [-0.4, -0.2) is 51.7 Å². The van der Waals surface area contributed by atoms with Crippen LogP contribution < -0.4 is 5.32 Å². The Kier molecular flexibility index (Phi) is 8.61. The molecule has 1 N–H and O–H groups in total. The molecule has 0 aromatic heterocycles. The smallest absolute Gasteiger partial charge is 0.0809 e. The Morgan fingerprint density at radius 1 is 1.41 bits per heavy atom. The van der Waals surface area contributed by atoms with Crippen molar-refractivity contribution in [3.63, 3.8) is 0 Å². The minimum absolute atomic E-state index is 0.347. The van der Waals surface area contributed by atoms with Crippen LogP contribution in [0.2, 0.25) is 0 Å². The molecule has 0 radical (unpaired) electrons. The fourth-order valence-electron chi connectivity index (χ4n) is 1.87. The zero-order valence-electron chi connectivity index (χ0n) is 11.2. The third-order valence-electron chi connectivity index (χ3n) is 2.86. The van der Waals surface area contributed by atoms with Gasteiger partial charge in [0.05, 0.1) is 19.3 Å². The van der Waals surface area contributed by atoms with E-state index in [1.54, 1.807) is 0 Å². The first kappa shape index (κ1) is 14.9. The predicted octanol–water partition coefficient (Wildman–Crippen LogP) is 1.59. The molecule has 4 heteroatoms. The Balaban J connectivity index is 1.80. The Morgan fingerprint density at radius 2 is 2.29 bits per heavy atom. The van der Waals surface area contributed by atoms with Gasteiger partial charge in [-0.15, -0.1) is 0 Å². The summed E-state index contributed by atoms with van der Waals surface area (Å²) in [5, 5.41) is 3.41. The van der Waals surface area contributed by atoms with Crippen LogP contribution in [-0.2, 0) is 14.2 Å². The van der Waals surface area contributed by atoms with Crippen LogP contribution in [0.15, 0.2) is 0 Å². The zero-order chi connectivity index (χ0) is 12.3. The molecule has 0 spiro atoms. The Hall–Kier alpha value is -0.160. The molecular formula is C13H27NO3. The summed E-state index contributed by atoms with van der Waals surface area (Å²) >= 11 is 0. The molecule has 2 unspecified atom stereocenters. The van der Waals surface area contributed by atoms with Gasteiger partial charge in [0.25, 0.3) is 0 Å². The quantitative estimate of drug-likeness (QED) is 0.593. The molecule has 0 aliphatic carbocycles. The molecule has 0 saturated carbocycles. The van der Waals surface area contributed by atoms with Crippen molar-refractivity contribution in [3.05, 3.63) is 0 Å². The van der Waals surface area contributed by atoms with Gasteiger partial charge in [-0.05, 0) is 39.7 Å². The van der Waals surface area contributed by atoms with E-state index in [9.17, 15) is 0 Å². The van der Waals surface area contributed by atoms with E-state index in [0.717, 1.165) is 52.4 Å². The van der Waals surface area contributed by atoms with Crippen molar-refractivity contribution in [3.8, 4) is 0 Å². The third-order valence-corrected chi connectivity index (χ3v) is 2.86. The molecule has 0 aromatic rings. The molecule has 4 nitrogen and oxygen atoms in total. The summed E-state index contributed by atoms with van der Waals surface area (Å²) in [6.45, 7) is 9.20. The molecule has 0 bridgehead atoms. The molecule has 1 heterocycles. The molecule has 17 heavy (non-hydrogen) atoms. The molecule has 2 atom stereocenters. The normalized spacial score (nSPS) is 21.9. The average Bonchev–Trinajstić information content (AvgIpc) is 2.84. The van der Waals surface area contributed by atoms with Crippen molar-refractivity contribution in [1.29, 1.82) is 0 Å². The predicted molar refractivity (Wildman–Crippen MR) is 68.4 cm³/mol. The minimum Gasteiger partial charge on any atom is -0.380 e. The monoisotopic (exact) mass is 245 g/mol. The lowest BCUT2D eigenvalue weighted by atomic mass is 10.2. The second-order valence-corrected chi connectivity index (χ2v) is 4.58. The van der Waals surface area contributed by atoms with Gasteiger partial charge in [-0.1, -0.05) is 0 Å². The van der Waals surface area contributed by atoms with Crippen molar-refractivity contribution in [2.45, 2.75) is 45.3 Å². The van der Waals surface area contributed by atoms with Crippen LogP contribution in [0.4, 0.5) is 0 Å². The van der Waals surface area contributed by atoms with Crippen LogP contribution in [0.1, 0.15) is 33.1 Å². The molecule has 102 valence electrons. The topological polar surface area (TPSA) is 39.7 Å². The van der Waals surface area contributed by atoms with Gasteiger partial charge in [-0.2, -0.15) is 0 Å². The Labute approximate surface area is 105 Å². The number of hydrogen-bond donors (Lipinski definition) is 1. The molecule has 1 aliphatic rings. The SMILES string of the molecule is CCOCC(C)NCCCOCC1CCCO1. The highest BCUT2D eigenvalue weighted by Crippen LogP contribution is 2.11. The van der Waals surface area contributed by atoms with E-state index in [2.05, 4.69) is 12.2 Å². The number of rotatable bonds is 10. The first-order valence-electron chi connectivity index (χ1n) is 6.83. The van der Waals surface area contributed by atoms with E-state index in [1.165, 1.54) is 6.42 Å². The van der Waals surface area contributed by atoms with E-state index < -0.39 is 0 Å². The average molecular weight is 245 g/mol. The second-order valence-electron chi connectivity index (χ2n) is 4.58. The van der Waals surface area contributed by atoms with Crippen LogP contribution in [0.3, 0.4) is 0 Å². The highest BCUT2D eigenvalue weighted by atomic mass is 16.5. The fraction of sp³-hybridized carbons (Fsp3) is 1.00. The maximum atomic E-state index is 5.58. The highest BCUT2D eigenvalue weighted by Gasteiger charge is 2.14. The van der Waals surface area contributed by atoms with Gasteiger partial charge >= 0.3 is 0 Å². The first-order valence-corrected chi connectivity index (χ1v) is 6.83. The summed E-state index contributed by atoms with van der Waals surface area (Å²) in [4.78, 5) is 0. The molecule has 0 aromatic carbocycles. The summed E-state index contributed by atoms with van der Waals surface area (Å²) < 4.78 is 16.4. The van der Waals surface area contributed by atoms with E-state index >= 15 is 0 Å². The maximum absolute atomic E-state index is 5.58. The summed E-state index contributed by atoms with van der Waals surface area (Å²) in [5.74, 6) is 0. The van der Waals surface area contributed by atoms with Gasteiger partial charge in [0.2, 0.25) is 0 Å². The Bertz CT molecular complexity index is 172. The zero-order valence-corrected chi connectivity index (χ0v) is 11.2. The van der Waals surface area contributed by atoms with E-state index in [-0.39, 0.29) is 0 Å². The lowest BCUT2D eigenvalue weighted by Gasteiger charge is -2.14. The molecule has 1 rings (SSSR count). The minimum atomic E-state index is 0.347. The summed E-state index contributed by atoms with van der Waals surface area (Å²) in [6.07, 6.45) is 3.73. The first-order chi connectivity index (χ1) is 8.33. The van der Waals surface area contributed by atoms with Crippen LogP contribution >= 0.6 is 0 Å². The van der Waals surface area contributed by atoms with Crippen molar-refractivity contribution in [1.82, 2.24) is 5.32 Å². The second kappa shape index (κ2) is 9.83. The van der Waals surface area contributed by atoms with Crippen molar-refractivity contribution in [2.24, 2.45) is 0 Å². The Morgan fingerprint density at radius 3 is 3.00 bits per heavy atom. The van der Waals surface area contributed by atoms with Crippen LogP contribution in [0.25, 0.3) is 0 Å². The van der Waals surface area contributed by atoms with Gasteiger partial charge in [0.1, 0.15) is 0 Å². The number of ether oxygens (including phenoxy) is 3. The van der Waals surface area contributed by atoms with Gasteiger partial charge in [0, 0.05) is 25.9 Å². The van der Waals surface area contributed by atoms with Gasteiger partial charge in [-0.25, -0.2) is 0 Å². The standard InChI is InChI=1S/C13H27NO3/c1-3-15-10-12(2)14-7-5-8-16-11-13-6-4-9-17-13/h12-14H,3-11H2,1-2H3. The summed E-state index contributed by atoms with van der Waals surface area (Å²) in [5.41, 5.74) is 0. The van der Waals surface area contributed by atoms with E-state index in [0.29, 0.717) is 12.1 Å². The van der Waals surface area contributed by atoms with Crippen LogP contribution in [0.5, 0.6) is 0 Å². The van der Waals surface area contributed by atoms with Crippen molar-refractivity contribution >= 4 is 0 Å². The van der Waals surface area contributed by atoms with Crippen molar-refractivity contribution < 1.29 is 14.2 Å².